The van der Waals surface area contributed by atoms with Crippen molar-refractivity contribution in [2.24, 2.45) is 0 Å². The second-order valence-electron chi connectivity index (χ2n) is 4.34. The van der Waals surface area contributed by atoms with Crippen LogP contribution in [0.2, 0.25) is 0 Å². The summed E-state index contributed by atoms with van der Waals surface area (Å²) in [4.78, 5) is 0. The van der Waals surface area contributed by atoms with Crippen molar-refractivity contribution in [3.05, 3.63) is 17.5 Å². The van der Waals surface area contributed by atoms with Crippen molar-refractivity contribution in [2.45, 2.75) is 59.1 Å². The van der Waals surface area contributed by atoms with E-state index in [4.69, 9.17) is 0 Å². The third-order valence-corrected chi connectivity index (χ3v) is 2.89. The number of hydrogen-bond acceptors (Lipinski definition) is 2. The zero-order valence-corrected chi connectivity index (χ0v) is 10.2. The van der Waals surface area contributed by atoms with Crippen LogP contribution in [0.4, 0.5) is 0 Å². The standard InChI is InChI=1S/C12H22N2O/c1-5-10-8-11(6-2)14(13-10)9-12(4,15)7-3/h8,15H,5-7,9H2,1-4H3. The average Bonchev–Trinajstić information content (AvgIpc) is 2.59. The summed E-state index contributed by atoms with van der Waals surface area (Å²) in [6, 6.07) is 2.13. The van der Waals surface area contributed by atoms with E-state index in [0.717, 1.165) is 25.0 Å². The van der Waals surface area contributed by atoms with E-state index < -0.39 is 5.60 Å². The van der Waals surface area contributed by atoms with Crippen LogP contribution in [0.1, 0.15) is 45.5 Å². The molecule has 3 nitrogen and oxygen atoms in total. The van der Waals surface area contributed by atoms with Crippen LogP contribution < -0.4 is 0 Å². The van der Waals surface area contributed by atoms with Crippen LogP contribution >= 0.6 is 0 Å². The quantitative estimate of drug-likeness (QED) is 0.808. The van der Waals surface area contributed by atoms with E-state index in [1.807, 2.05) is 18.5 Å². The molecule has 1 N–H and O–H groups in total. The molecule has 15 heavy (non-hydrogen) atoms. The van der Waals surface area contributed by atoms with Gasteiger partial charge in [0.2, 0.25) is 0 Å². The molecule has 0 spiro atoms. The molecule has 86 valence electrons. The topological polar surface area (TPSA) is 38.0 Å². The van der Waals surface area contributed by atoms with Crippen LogP contribution in [0.25, 0.3) is 0 Å². The molecule has 0 amide bonds. The SMILES string of the molecule is CCc1cc(CC)n(CC(C)(O)CC)n1. The normalized spacial score (nSPS) is 15.3. The first-order valence-electron chi connectivity index (χ1n) is 5.80. The summed E-state index contributed by atoms with van der Waals surface area (Å²) >= 11 is 0. The summed E-state index contributed by atoms with van der Waals surface area (Å²) in [7, 11) is 0. The highest BCUT2D eigenvalue weighted by atomic mass is 16.3. The third kappa shape index (κ3) is 3.06. The average molecular weight is 210 g/mol. The van der Waals surface area contributed by atoms with Crippen molar-refractivity contribution in [3.63, 3.8) is 0 Å². The van der Waals surface area contributed by atoms with Gasteiger partial charge in [0.05, 0.1) is 17.8 Å². The first-order chi connectivity index (χ1) is 7.02. The molecule has 1 rings (SSSR count). The molecule has 1 aromatic heterocycles. The van der Waals surface area contributed by atoms with Gasteiger partial charge in [0, 0.05) is 5.69 Å². The van der Waals surface area contributed by atoms with Gasteiger partial charge in [-0.15, -0.1) is 0 Å². The number of rotatable bonds is 5. The third-order valence-electron chi connectivity index (χ3n) is 2.89. The summed E-state index contributed by atoms with van der Waals surface area (Å²) < 4.78 is 1.95. The van der Waals surface area contributed by atoms with E-state index in [1.165, 1.54) is 5.69 Å². The molecule has 1 heterocycles. The monoisotopic (exact) mass is 210 g/mol. The minimum Gasteiger partial charge on any atom is -0.388 e. The Morgan fingerprint density at radius 2 is 2.00 bits per heavy atom. The summed E-state index contributed by atoms with van der Waals surface area (Å²) in [5.41, 5.74) is 1.67. The van der Waals surface area contributed by atoms with E-state index in [2.05, 4.69) is 25.0 Å². The molecule has 1 unspecified atom stereocenters. The van der Waals surface area contributed by atoms with E-state index in [-0.39, 0.29) is 0 Å². The van der Waals surface area contributed by atoms with E-state index in [9.17, 15) is 5.11 Å². The van der Waals surface area contributed by atoms with Crippen LogP contribution in [0.15, 0.2) is 6.07 Å². The van der Waals surface area contributed by atoms with Gasteiger partial charge in [0.25, 0.3) is 0 Å². The van der Waals surface area contributed by atoms with E-state index in [1.54, 1.807) is 0 Å². The highest BCUT2D eigenvalue weighted by Gasteiger charge is 2.20. The van der Waals surface area contributed by atoms with Gasteiger partial charge in [-0.05, 0) is 32.3 Å². The predicted molar refractivity (Wildman–Crippen MR) is 61.9 cm³/mol. The van der Waals surface area contributed by atoms with Crippen LogP contribution in [0, 0.1) is 0 Å². The highest BCUT2D eigenvalue weighted by molar-refractivity contribution is 5.10. The van der Waals surface area contributed by atoms with Gasteiger partial charge in [-0.2, -0.15) is 5.10 Å². The van der Waals surface area contributed by atoms with Crippen molar-refractivity contribution in [1.82, 2.24) is 9.78 Å². The van der Waals surface area contributed by atoms with Gasteiger partial charge in [-0.25, -0.2) is 0 Å². The lowest BCUT2D eigenvalue weighted by Crippen LogP contribution is -2.30. The Morgan fingerprint density at radius 3 is 2.47 bits per heavy atom. The molecule has 0 aliphatic rings. The summed E-state index contributed by atoms with van der Waals surface area (Å²) in [6.07, 6.45) is 2.67. The summed E-state index contributed by atoms with van der Waals surface area (Å²) in [5, 5.41) is 14.5. The van der Waals surface area contributed by atoms with Gasteiger partial charge < -0.3 is 5.11 Å². The Morgan fingerprint density at radius 1 is 1.33 bits per heavy atom. The molecule has 0 fully saturated rings. The van der Waals surface area contributed by atoms with Crippen molar-refractivity contribution < 1.29 is 5.11 Å². The fourth-order valence-electron chi connectivity index (χ4n) is 1.54. The van der Waals surface area contributed by atoms with Crippen LogP contribution in [0.5, 0.6) is 0 Å². The molecule has 3 heteroatoms. The van der Waals surface area contributed by atoms with Crippen molar-refractivity contribution in [3.8, 4) is 0 Å². The molecule has 0 saturated heterocycles. The predicted octanol–water partition coefficient (Wildman–Crippen LogP) is 2.17. The Bertz CT molecular complexity index is 315. The maximum atomic E-state index is 10.0. The van der Waals surface area contributed by atoms with Gasteiger partial charge in [0.15, 0.2) is 0 Å². The van der Waals surface area contributed by atoms with Crippen LogP contribution in [0.3, 0.4) is 0 Å². The molecule has 0 aromatic carbocycles. The number of nitrogens with zero attached hydrogens (tertiary/aromatic N) is 2. The fourth-order valence-corrected chi connectivity index (χ4v) is 1.54. The second kappa shape index (κ2) is 4.79. The molecular weight excluding hydrogens is 188 g/mol. The van der Waals surface area contributed by atoms with E-state index >= 15 is 0 Å². The summed E-state index contributed by atoms with van der Waals surface area (Å²) in [5.74, 6) is 0. The Hall–Kier alpha value is -0.830. The summed E-state index contributed by atoms with van der Waals surface area (Å²) in [6.45, 7) is 8.67. The van der Waals surface area contributed by atoms with Crippen LogP contribution in [-0.4, -0.2) is 20.5 Å². The van der Waals surface area contributed by atoms with E-state index in [0.29, 0.717) is 6.54 Å². The van der Waals surface area contributed by atoms with Crippen molar-refractivity contribution in [2.75, 3.05) is 0 Å². The zero-order chi connectivity index (χ0) is 11.5. The van der Waals surface area contributed by atoms with Crippen molar-refractivity contribution in [1.29, 1.82) is 0 Å². The Balaban J connectivity index is 2.88. The molecular formula is C12H22N2O. The molecule has 0 radical (unpaired) electrons. The first kappa shape index (κ1) is 12.2. The molecule has 0 bridgehead atoms. The zero-order valence-electron chi connectivity index (χ0n) is 10.2. The van der Waals surface area contributed by atoms with Gasteiger partial charge in [0.1, 0.15) is 0 Å². The number of aliphatic hydroxyl groups is 1. The Kier molecular flexibility index (Phi) is 3.91. The minimum absolute atomic E-state index is 0.590. The minimum atomic E-state index is -0.652. The smallest absolute Gasteiger partial charge is 0.0812 e. The number of hydrogen-bond donors (Lipinski definition) is 1. The van der Waals surface area contributed by atoms with Gasteiger partial charge in [-0.3, -0.25) is 4.68 Å². The lowest BCUT2D eigenvalue weighted by Gasteiger charge is -2.22. The maximum Gasteiger partial charge on any atom is 0.0812 e. The molecule has 1 atom stereocenters. The molecule has 0 aliphatic carbocycles. The fraction of sp³-hybridized carbons (Fsp3) is 0.750. The van der Waals surface area contributed by atoms with Crippen molar-refractivity contribution >= 4 is 0 Å². The molecule has 0 saturated carbocycles. The maximum absolute atomic E-state index is 10.0. The largest absolute Gasteiger partial charge is 0.388 e. The Labute approximate surface area is 92.1 Å². The van der Waals surface area contributed by atoms with Gasteiger partial charge in [-0.1, -0.05) is 20.8 Å². The molecule has 0 aliphatic heterocycles. The number of aryl methyl sites for hydroxylation is 2. The highest BCUT2D eigenvalue weighted by Crippen LogP contribution is 2.14. The first-order valence-corrected chi connectivity index (χ1v) is 5.80. The molecule has 1 aromatic rings. The lowest BCUT2D eigenvalue weighted by molar-refractivity contribution is 0.0336. The number of aromatic nitrogens is 2. The lowest BCUT2D eigenvalue weighted by atomic mass is 10.0. The second-order valence-corrected chi connectivity index (χ2v) is 4.34. The van der Waals surface area contributed by atoms with Gasteiger partial charge >= 0.3 is 0 Å². The van der Waals surface area contributed by atoms with Crippen LogP contribution in [-0.2, 0) is 19.4 Å².